The largest absolute Gasteiger partial charge is 0.289 e. The molecule has 1 heterocycles. The fraction of sp³-hybridized carbons (Fsp3) is 0.583. The van der Waals surface area contributed by atoms with Crippen molar-refractivity contribution in [1.29, 1.82) is 5.26 Å². The van der Waals surface area contributed by atoms with Crippen molar-refractivity contribution in [2.24, 2.45) is 0 Å². The molecule has 0 aliphatic carbocycles. The number of nitriles is 1. The van der Waals surface area contributed by atoms with Gasteiger partial charge in [0.1, 0.15) is 5.54 Å². The first-order valence-electron chi connectivity index (χ1n) is 5.13. The standard InChI is InChI=1S/C12H18N2S/c1-10-6-8-15-11(10)5-7-14(4)12(2,3)9-13/h6,8H,5,7H2,1-4H3. The molecule has 0 atom stereocenters. The number of thiophene rings is 1. The normalized spacial score (nSPS) is 11.7. The summed E-state index contributed by atoms with van der Waals surface area (Å²) in [5, 5.41) is 11.1. The molecule has 0 aliphatic heterocycles. The number of rotatable bonds is 4. The van der Waals surface area contributed by atoms with Gasteiger partial charge in [0, 0.05) is 11.4 Å². The first kappa shape index (κ1) is 12.2. The maximum Gasteiger partial charge on any atom is 0.103 e. The van der Waals surface area contributed by atoms with E-state index < -0.39 is 0 Å². The van der Waals surface area contributed by atoms with Crippen LogP contribution in [0.1, 0.15) is 24.3 Å². The molecule has 1 rings (SSSR count). The van der Waals surface area contributed by atoms with Gasteiger partial charge in [0.25, 0.3) is 0 Å². The summed E-state index contributed by atoms with van der Waals surface area (Å²) in [5.74, 6) is 0. The van der Waals surface area contributed by atoms with Crippen molar-refractivity contribution >= 4 is 11.3 Å². The lowest BCUT2D eigenvalue weighted by molar-refractivity contribution is 0.214. The monoisotopic (exact) mass is 222 g/mol. The second kappa shape index (κ2) is 4.78. The van der Waals surface area contributed by atoms with Crippen LogP contribution >= 0.6 is 11.3 Å². The summed E-state index contributed by atoms with van der Waals surface area (Å²) in [6.45, 7) is 6.98. The van der Waals surface area contributed by atoms with E-state index >= 15 is 0 Å². The average Bonchev–Trinajstić information content (AvgIpc) is 2.60. The van der Waals surface area contributed by atoms with Crippen LogP contribution in [0.4, 0.5) is 0 Å². The second-order valence-corrected chi connectivity index (χ2v) is 5.37. The van der Waals surface area contributed by atoms with Crippen molar-refractivity contribution in [3.05, 3.63) is 21.9 Å². The lowest BCUT2D eigenvalue weighted by atomic mass is 10.1. The van der Waals surface area contributed by atoms with Crippen LogP contribution in [0.2, 0.25) is 0 Å². The van der Waals surface area contributed by atoms with Gasteiger partial charge < -0.3 is 0 Å². The maximum absolute atomic E-state index is 8.99. The third kappa shape index (κ3) is 3.05. The van der Waals surface area contributed by atoms with Gasteiger partial charge in [-0.3, -0.25) is 4.90 Å². The van der Waals surface area contributed by atoms with Crippen LogP contribution in [0.3, 0.4) is 0 Å². The van der Waals surface area contributed by atoms with Gasteiger partial charge in [-0.25, -0.2) is 0 Å². The Bertz CT molecular complexity index is 360. The highest BCUT2D eigenvalue weighted by atomic mass is 32.1. The number of hydrogen-bond acceptors (Lipinski definition) is 3. The van der Waals surface area contributed by atoms with Crippen LogP contribution in [0.15, 0.2) is 11.4 Å². The maximum atomic E-state index is 8.99. The molecule has 0 radical (unpaired) electrons. The zero-order valence-electron chi connectivity index (χ0n) is 9.87. The lowest BCUT2D eigenvalue weighted by Crippen LogP contribution is -2.40. The smallest absolute Gasteiger partial charge is 0.103 e. The van der Waals surface area contributed by atoms with Gasteiger partial charge in [-0.2, -0.15) is 5.26 Å². The van der Waals surface area contributed by atoms with Gasteiger partial charge in [0.2, 0.25) is 0 Å². The summed E-state index contributed by atoms with van der Waals surface area (Å²) in [6, 6.07) is 4.46. The summed E-state index contributed by atoms with van der Waals surface area (Å²) in [4.78, 5) is 3.53. The summed E-state index contributed by atoms with van der Waals surface area (Å²) >= 11 is 1.80. The highest BCUT2D eigenvalue weighted by Crippen LogP contribution is 2.18. The van der Waals surface area contributed by atoms with E-state index in [2.05, 4.69) is 29.3 Å². The molecule has 0 fully saturated rings. The Morgan fingerprint density at radius 2 is 2.20 bits per heavy atom. The van der Waals surface area contributed by atoms with Crippen LogP contribution in [0.25, 0.3) is 0 Å². The average molecular weight is 222 g/mol. The fourth-order valence-corrected chi connectivity index (χ4v) is 2.19. The van der Waals surface area contributed by atoms with Crippen molar-refractivity contribution < 1.29 is 0 Å². The van der Waals surface area contributed by atoms with E-state index in [1.807, 2.05) is 20.9 Å². The highest BCUT2D eigenvalue weighted by molar-refractivity contribution is 7.10. The first-order chi connectivity index (χ1) is 6.97. The molecule has 0 spiro atoms. The molecular weight excluding hydrogens is 204 g/mol. The van der Waals surface area contributed by atoms with Gasteiger partial charge in [-0.15, -0.1) is 11.3 Å². The molecule has 2 nitrogen and oxygen atoms in total. The van der Waals surface area contributed by atoms with Gasteiger partial charge >= 0.3 is 0 Å². The van der Waals surface area contributed by atoms with Gasteiger partial charge in [0.05, 0.1) is 6.07 Å². The molecule has 0 aliphatic rings. The number of aryl methyl sites for hydroxylation is 1. The Kier molecular flexibility index (Phi) is 3.90. The van der Waals surface area contributed by atoms with Gasteiger partial charge in [-0.1, -0.05) is 0 Å². The van der Waals surface area contributed by atoms with Crippen LogP contribution < -0.4 is 0 Å². The Morgan fingerprint density at radius 1 is 1.53 bits per heavy atom. The quantitative estimate of drug-likeness (QED) is 0.783. The van der Waals surface area contributed by atoms with Crippen molar-refractivity contribution in [2.75, 3.05) is 13.6 Å². The Labute approximate surface area is 96.1 Å². The third-order valence-electron chi connectivity index (χ3n) is 2.87. The molecule has 0 bridgehead atoms. The third-order valence-corrected chi connectivity index (χ3v) is 3.95. The minimum Gasteiger partial charge on any atom is -0.289 e. The molecule has 15 heavy (non-hydrogen) atoms. The summed E-state index contributed by atoms with van der Waals surface area (Å²) < 4.78 is 0. The Balaban J connectivity index is 2.52. The molecule has 0 amide bonds. The topological polar surface area (TPSA) is 27.0 Å². The fourth-order valence-electron chi connectivity index (χ4n) is 1.29. The summed E-state index contributed by atoms with van der Waals surface area (Å²) in [6.07, 6.45) is 1.03. The van der Waals surface area contributed by atoms with Crippen LogP contribution in [-0.2, 0) is 6.42 Å². The zero-order chi connectivity index (χ0) is 11.5. The van der Waals surface area contributed by atoms with Crippen molar-refractivity contribution in [3.63, 3.8) is 0 Å². The summed E-state index contributed by atoms with van der Waals surface area (Å²) in [7, 11) is 2.01. The predicted molar refractivity (Wildman–Crippen MR) is 65.1 cm³/mol. The number of likely N-dealkylation sites (N-methyl/N-ethyl adjacent to an activating group) is 1. The second-order valence-electron chi connectivity index (χ2n) is 4.37. The lowest BCUT2D eigenvalue weighted by Gasteiger charge is -2.28. The Hall–Kier alpha value is -0.850. The van der Waals surface area contributed by atoms with Crippen LogP contribution in [0.5, 0.6) is 0 Å². The van der Waals surface area contributed by atoms with E-state index in [4.69, 9.17) is 5.26 Å². The molecule has 0 aromatic carbocycles. The summed E-state index contributed by atoms with van der Waals surface area (Å²) in [5.41, 5.74) is 0.994. The molecular formula is C12H18N2S. The molecule has 0 saturated carbocycles. The molecule has 0 unspecified atom stereocenters. The molecule has 1 aromatic heterocycles. The first-order valence-corrected chi connectivity index (χ1v) is 6.01. The van der Waals surface area contributed by atoms with Gasteiger partial charge in [0.15, 0.2) is 0 Å². The zero-order valence-corrected chi connectivity index (χ0v) is 10.7. The van der Waals surface area contributed by atoms with Crippen LogP contribution in [-0.4, -0.2) is 24.0 Å². The molecule has 3 heteroatoms. The minimum atomic E-state index is -0.370. The van der Waals surface area contributed by atoms with E-state index in [0.717, 1.165) is 13.0 Å². The van der Waals surface area contributed by atoms with Crippen molar-refractivity contribution in [3.8, 4) is 6.07 Å². The number of nitrogens with zero attached hydrogens (tertiary/aromatic N) is 2. The highest BCUT2D eigenvalue weighted by Gasteiger charge is 2.22. The van der Waals surface area contributed by atoms with E-state index in [9.17, 15) is 0 Å². The van der Waals surface area contributed by atoms with Crippen molar-refractivity contribution in [1.82, 2.24) is 4.90 Å². The molecule has 0 saturated heterocycles. The predicted octanol–water partition coefficient (Wildman–Crippen LogP) is 2.83. The van der Waals surface area contributed by atoms with E-state index in [0.29, 0.717) is 0 Å². The minimum absolute atomic E-state index is 0.370. The SMILES string of the molecule is Cc1ccsc1CCN(C)C(C)(C)C#N. The van der Waals surface area contributed by atoms with Gasteiger partial charge in [-0.05, 0) is 51.2 Å². The van der Waals surface area contributed by atoms with E-state index in [1.54, 1.807) is 11.3 Å². The Morgan fingerprint density at radius 3 is 2.67 bits per heavy atom. The van der Waals surface area contributed by atoms with E-state index in [-0.39, 0.29) is 5.54 Å². The molecule has 82 valence electrons. The molecule has 1 aromatic rings. The van der Waals surface area contributed by atoms with Crippen molar-refractivity contribution in [2.45, 2.75) is 32.7 Å². The number of hydrogen-bond donors (Lipinski definition) is 0. The van der Waals surface area contributed by atoms with E-state index in [1.165, 1.54) is 10.4 Å². The molecule has 0 N–H and O–H groups in total. The van der Waals surface area contributed by atoms with Crippen LogP contribution in [0, 0.1) is 18.3 Å².